The van der Waals surface area contributed by atoms with Crippen LogP contribution in [0.25, 0.3) is 11.1 Å². The molecule has 1 aromatic heterocycles. The molecule has 2 rings (SSSR count). The van der Waals surface area contributed by atoms with Gasteiger partial charge in [0.25, 0.3) is 0 Å². The van der Waals surface area contributed by atoms with Crippen molar-refractivity contribution in [2.24, 2.45) is 7.05 Å². The van der Waals surface area contributed by atoms with E-state index in [0.717, 1.165) is 12.1 Å². The fraction of sp³-hybridized carbons (Fsp3) is 0.182. The van der Waals surface area contributed by atoms with Crippen molar-refractivity contribution in [3.8, 4) is 11.1 Å². The first-order chi connectivity index (χ1) is 7.88. The molecule has 0 fully saturated rings. The molecule has 6 heteroatoms. The van der Waals surface area contributed by atoms with Crippen LogP contribution in [0.2, 0.25) is 0 Å². The van der Waals surface area contributed by atoms with E-state index >= 15 is 0 Å². The van der Waals surface area contributed by atoms with Crippen molar-refractivity contribution < 1.29 is 13.2 Å². The second kappa shape index (κ2) is 4.18. The van der Waals surface area contributed by atoms with Gasteiger partial charge in [-0.1, -0.05) is 15.9 Å². The Bertz CT molecular complexity index is 546. The first-order valence-corrected chi connectivity index (χ1v) is 5.53. The van der Waals surface area contributed by atoms with Crippen LogP contribution in [0.15, 0.2) is 35.1 Å². The number of hydrogen-bond acceptors (Lipinski definition) is 1. The zero-order valence-electron chi connectivity index (χ0n) is 8.79. The van der Waals surface area contributed by atoms with Gasteiger partial charge in [0.15, 0.2) is 0 Å². The van der Waals surface area contributed by atoms with Crippen LogP contribution in [0.5, 0.6) is 0 Å². The van der Waals surface area contributed by atoms with Crippen LogP contribution in [0, 0.1) is 0 Å². The maximum absolute atomic E-state index is 12.6. The van der Waals surface area contributed by atoms with Crippen LogP contribution in [-0.2, 0) is 13.2 Å². The molecular weight excluding hydrogens is 297 g/mol. The maximum Gasteiger partial charge on any atom is 0.416 e. The van der Waals surface area contributed by atoms with Gasteiger partial charge in [-0.2, -0.15) is 18.3 Å². The lowest BCUT2D eigenvalue weighted by atomic mass is 10.1. The van der Waals surface area contributed by atoms with Crippen molar-refractivity contribution in [3.05, 3.63) is 40.6 Å². The standard InChI is InChI=1S/C11H8BrF3N2/c1-17-6-7(5-16-17)9-4-8(11(13,14)15)2-3-10(9)12/h2-6H,1H3. The molecular formula is C11H8BrF3N2. The summed E-state index contributed by atoms with van der Waals surface area (Å²) >= 11 is 3.24. The largest absolute Gasteiger partial charge is 0.416 e. The van der Waals surface area contributed by atoms with Gasteiger partial charge >= 0.3 is 6.18 Å². The van der Waals surface area contributed by atoms with E-state index in [9.17, 15) is 13.2 Å². The zero-order valence-corrected chi connectivity index (χ0v) is 10.4. The lowest BCUT2D eigenvalue weighted by Crippen LogP contribution is -2.04. The molecule has 17 heavy (non-hydrogen) atoms. The van der Waals surface area contributed by atoms with Crippen LogP contribution < -0.4 is 0 Å². The van der Waals surface area contributed by atoms with Crippen molar-refractivity contribution in [1.29, 1.82) is 0 Å². The van der Waals surface area contributed by atoms with Crippen LogP contribution in [0.3, 0.4) is 0 Å². The predicted molar refractivity (Wildman–Crippen MR) is 61.3 cm³/mol. The molecule has 0 saturated heterocycles. The topological polar surface area (TPSA) is 17.8 Å². The normalized spacial score (nSPS) is 11.8. The van der Waals surface area contributed by atoms with Crippen LogP contribution in [-0.4, -0.2) is 9.78 Å². The molecule has 0 radical (unpaired) electrons. The first-order valence-electron chi connectivity index (χ1n) is 4.73. The summed E-state index contributed by atoms with van der Waals surface area (Å²) in [6.45, 7) is 0. The van der Waals surface area contributed by atoms with E-state index in [1.807, 2.05) is 0 Å². The molecule has 0 spiro atoms. The summed E-state index contributed by atoms with van der Waals surface area (Å²) in [5.74, 6) is 0. The highest BCUT2D eigenvalue weighted by atomic mass is 79.9. The Morgan fingerprint density at radius 1 is 1.29 bits per heavy atom. The van der Waals surface area contributed by atoms with Gasteiger partial charge in [0.2, 0.25) is 0 Å². The third kappa shape index (κ3) is 2.52. The van der Waals surface area contributed by atoms with E-state index in [-0.39, 0.29) is 0 Å². The zero-order chi connectivity index (χ0) is 12.6. The van der Waals surface area contributed by atoms with E-state index < -0.39 is 11.7 Å². The molecule has 0 bridgehead atoms. The molecule has 1 aromatic carbocycles. The molecule has 0 N–H and O–H groups in total. The third-order valence-electron chi connectivity index (χ3n) is 2.31. The number of nitrogens with zero attached hydrogens (tertiary/aromatic N) is 2. The first kappa shape index (κ1) is 12.2. The number of aromatic nitrogens is 2. The average molecular weight is 305 g/mol. The van der Waals surface area contributed by atoms with Crippen LogP contribution in [0.4, 0.5) is 13.2 Å². The van der Waals surface area contributed by atoms with Crippen LogP contribution >= 0.6 is 15.9 Å². The Labute approximate surface area is 104 Å². The van der Waals surface area contributed by atoms with Gasteiger partial charge in [-0.15, -0.1) is 0 Å². The van der Waals surface area contributed by atoms with Gasteiger partial charge in [-0.25, -0.2) is 0 Å². The lowest BCUT2D eigenvalue weighted by molar-refractivity contribution is -0.137. The monoisotopic (exact) mass is 304 g/mol. The van der Waals surface area contributed by atoms with E-state index in [4.69, 9.17) is 0 Å². The highest BCUT2D eigenvalue weighted by Gasteiger charge is 2.31. The summed E-state index contributed by atoms with van der Waals surface area (Å²) in [7, 11) is 1.71. The Kier molecular flexibility index (Phi) is 2.99. The summed E-state index contributed by atoms with van der Waals surface area (Å²) in [6.07, 6.45) is -1.14. The van der Waals surface area contributed by atoms with Gasteiger partial charge in [0.05, 0.1) is 11.8 Å². The molecule has 0 amide bonds. The summed E-state index contributed by atoms with van der Waals surface area (Å²) in [4.78, 5) is 0. The Morgan fingerprint density at radius 2 is 2.00 bits per heavy atom. The molecule has 0 atom stereocenters. The SMILES string of the molecule is Cn1cc(-c2cc(C(F)(F)F)ccc2Br)cn1. The van der Waals surface area contributed by atoms with Crippen molar-refractivity contribution in [1.82, 2.24) is 9.78 Å². The third-order valence-corrected chi connectivity index (χ3v) is 3.00. The van der Waals surface area contributed by atoms with Crippen molar-refractivity contribution >= 4 is 15.9 Å². The molecule has 0 unspecified atom stereocenters. The van der Waals surface area contributed by atoms with E-state index in [0.29, 0.717) is 15.6 Å². The smallest absolute Gasteiger partial charge is 0.275 e. The Morgan fingerprint density at radius 3 is 2.53 bits per heavy atom. The van der Waals surface area contributed by atoms with Gasteiger partial charge in [-0.05, 0) is 23.8 Å². The highest BCUT2D eigenvalue weighted by molar-refractivity contribution is 9.10. The number of benzene rings is 1. The number of aryl methyl sites for hydroxylation is 1. The molecule has 2 aromatic rings. The fourth-order valence-electron chi connectivity index (χ4n) is 1.48. The van der Waals surface area contributed by atoms with E-state index in [1.54, 1.807) is 17.9 Å². The molecule has 0 aliphatic rings. The van der Waals surface area contributed by atoms with E-state index in [2.05, 4.69) is 21.0 Å². The summed E-state index contributed by atoms with van der Waals surface area (Å²) in [5, 5.41) is 3.94. The Hall–Kier alpha value is -1.30. The second-order valence-corrected chi connectivity index (χ2v) is 4.45. The van der Waals surface area contributed by atoms with Gasteiger partial charge in [-0.3, -0.25) is 4.68 Å². The highest BCUT2D eigenvalue weighted by Crippen LogP contribution is 2.35. The summed E-state index contributed by atoms with van der Waals surface area (Å²) in [5.41, 5.74) is 0.456. The van der Waals surface area contributed by atoms with Gasteiger partial charge < -0.3 is 0 Å². The Balaban J connectivity index is 2.54. The second-order valence-electron chi connectivity index (χ2n) is 3.60. The summed E-state index contributed by atoms with van der Waals surface area (Å²) in [6, 6.07) is 3.55. The fourth-order valence-corrected chi connectivity index (χ4v) is 1.96. The maximum atomic E-state index is 12.6. The minimum absolute atomic E-state index is 0.480. The minimum Gasteiger partial charge on any atom is -0.275 e. The van der Waals surface area contributed by atoms with Crippen molar-refractivity contribution in [2.75, 3.05) is 0 Å². The number of alkyl halides is 3. The van der Waals surface area contributed by atoms with Crippen molar-refractivity contribution in [3.63, 3.8) is 0 Å². The predicted octanol–water partition coefficient (Wildman–Crippen LogP) is 3.87. The van der Waals surface area contributed by atoms with Crippen molar-refractivity contribution in [2.45, 2.75) is 6.18 Å². The number of halogens is 4. The molecule has 90 valence electrons. The van der Waals surface area contributed by atoms with Gasteiger partial charge in [0, 0.05) is 23.3 Å². The molecule has 0 aliphatic heterocycles. The minimum atomic E-state index is -4.34. The van der Waals surface area contributed by atoms with Gasteiger partial charge in [0.1, 0.15) is 0 Å². The molecule has 0 saturated carbocycles. The number of hydrogen-bond donors (Lipinski definition) is 0. The van der Waals surface area contributed by atoms with E-state index in [1.165, 1.54) is 12.3 Å². The molecule has 2 nitrogen and oxygen atoms in total. The molecule has 0 aliphatic carbocycles. The quantitative estimate of drug-likeness (QED) is 0.782. The average Bonchev–Trinajstić information content (AvgIpc) is 2.63. The van der Waals surface area contributed by atoms with Crippen LogP contribution in [0.1, 0.15) is 5.56 Å². The molecule has 1 heterocycles. The number of rotatable bonds is 1. The summed E-state index contributed by atoms with van der Waals surface area (Å²) < 4.78 is 39.9. The lowest BCUT2D eigenvalue weighted by Gasteiger charge is -2.09.